The van der Waals surface area contributed by atoms with Gasteiger partial charge in [-0.2, -0.15) is 0 Å². The van der Waals surface area contributed by atoms with Gasteiger partial charge in [0.25, 0.3) is 0 Å². The average molecular weight is 718 g/mol. The smallest absolute Gasteiger partial charge is 0.160 e. The van der Waals surface area contributed by atoms with Gasteiger partial charge < -0.3 is 13.6 Å². The van der Waals surface area contributed by atoms with Crippen molar-refractivity contribution in [2.75, 3.05) is 0 Å². The van der Waals surface area contributed by atoms with Crippen molar-refractivity contribution in [3.8, 4) is 39.6 Å². The van der Waals surface area contributed by atoms with E-state index >= 15 is 0 Å². The molecule has 56 heavy (non-hydrogen) atoms. The summed E-state index contributed by atoms with van der Waals surface area (Å²) in [4.78, 5) is 0. The highest BCUT2D eigenvalue weighted by Gasteiger charge is 2.24. The van der Waals surface area contributed by atoms with Crippen LogP contribution in [-0.4, -0.2) is 24.1 Å². The van der Waals surface area contributed by atoms with Crippen molar-refractivity contribution < 1.29 is 4.42 Å². The average Bonchev–Trinajstić information content (AvgIpc) is 4.04. The van der Waals surface area contributed by atoms with Gasteiger partial charge in [0, 0.05) is 43.4 Å². The number of hydrogen-bond donors (Lipinski definition) is 0. The van der Waals surface area contributed by atoms with E-state index in [4.69, 9.17) is 14.7 Å². The van der Waals surface area contributed by atoms with Gasteiger partial charge >= 0.3 is 0 Å². The molecule has 8 aromatic carbocycles. The topological polar surface area (TPSA) is 53.7 Å². The zero-order valence-corrected chi connectivity index (χ0v) is 30.0. The number of nitrogens with zero attached hydrogens (tertiary/aromatic N) is 5. The maximum Gasteiger partial charge on any atom is 0.160 e. The van der Waals surface area contributed by atoms with Crippen LogP contribution >= 0.6 is 0 Å². The second-order valence-electron chi connectivity index (χ2n) is 14.3. The number of furan rings is 1. The molecule has 0 saturated heterocycles. The van der Waals surface area contributed by atoms with E-state index in [1.165, 1.54) is 10.8 Å². The van der Waals surface area contributed by atoms with E-state index < -0.39 is 0 Å². The number of fused-ring (bicyclic) bond motifs is 10. The minimum Gasteiger partial charge on any atom is -0.454 e. The third-order valence-corrected chi connectivity index (χ3v) is 11.2. The number of para-hydroxylation sites is 6. The first kappa shape index (κ1) is 30.7. The van der Waals surface area contributed by atoms with Gasteiger partial charge in [0.1, 0.15) is 17.0 Å². The van der Waals surface area contributed by atoms with Crippen molar-refractivity contribution in [2.45, 2.75) is 0 Å². The zero-order chi connectivity index (χ0) is 36.7. The van der Waals surface area contributed by atoms with Gasteiger partial charge in [-0.25, -0.2) is 4.68 Å². The Balaban J connectivity index is 1.14. The molecule has 0 aliphatic heterocycles. The largest absolute Gasteiger partial charge is 0.454 e. The monoisotopic (exact) mass is 717 g/mol. The van der Waals surface area contributed by atoms with E-state index in [0.29, 0.717) is 0 Å². The lowest BCUT2D eigenvalue weighted by atomic mass is 10.0. The Bertz CT molecular complexity index is 3420. The Kier molecular flexibility index (Phi) is 6.53. The van der Waals surface area contributed by atoms with Gasteiger partial charge in [-0.15, -0.1) is 5.10 Å². The fraction of sp³-hybridized carbons (Fsp3) is 0. The quantitative estimate of drug-likeness (QED) is 0.178. The standard InChI is InChI=1S/C50H31N5O/c1-3-15-32(16-4-1)47-48(55(52-51-47)34-17-5-2-6-18-34)33-27-30-43-40(31-33)36-20-8-10-22-41(36)53(43)44-24-12-13-25-45(44)54-42-23-11-7-19-35(42)38-28-29-39-37-21-9-14-26-46(37)56-50(39)49(38)54/h1-31H. The van der Waals surface area contributed by atoms with Crippen LogP contribution in [0.5, 0.6) is 0 Å². The molecule has 0 aliphatic rings. The van der Waals surface area contributed by atoms with Gasteiger partial charge in [0.15, 0.2) is 5.58 Å². The number of benzene rings is 8. The van der Waals surface area contributed by atoms with Crippen molar-refractivity contribution in [2.24, 2.45) is 0 Å². The summed E-state index contributed by atoms with van der Waals surface area (Å²) in [6.45, 7) is 0. The molecular weight excluding hydrogens is 687 g/mol. The summed E-state index contributed by atoms with van der Waals surface area (Å²) in [5, 5.41) is 16.4. The normalized spacial score (nSPS) is 11.9. The summed E-state index contributed by atoms with van der Waals surface area (Å²) in [6.07, 6.45) is 0. The fourth-order valence-corrected chi connectivity index (χ4v) is 8.78. The van der Waals surface area contributed by atoms with Crippen molar-refractivity contribution in [3.05, 3.63) is 188 Å². The second-order valence-corrected chi connectivity index (χ2v) is 14.3. The van der Waals surface area contributed by atoms with Crippen LogP contribution in [0.15, 0.2) is 192 Å². The highest BCUT2D eigenvalue weighted by Crippen LogP contribution is 2.43. The Hall–Kier alpha value is -7.70. The van der Waals surface area contributed by atoms with Crippen molar-refractivity contribution in [1.29, 1.82) is 0 Å². The summed E-state index contributed by atoms with van der Waals surface area (Å²) < 4.78 is 13.5. The molecular formula is C50H31N5O. The van der Waals surface area contributed by atoms with Gasteiger partial charge in [-0.05, 0) is 60.7 Å². The maximum atomic E-state index is 6.72. The molecule has 0 radical (unpaired) electrons. The van der Waals surface area contributed by atoms with Crippen LogP contribution in [-0.2, 0) is 0 Å². The van der Waals surface area contributed by atoms with Crippen molar-refractivity contribution in [3.63, 3.8) is 0 Å². The molecule has 0 spiro atoms. The number of rotatable bonds is 5. The predicted octanol–water partition coefficient (Wildman–Crippen LogP) is 12.7. The highest BCUT2D eigenvalue weighted by molar-refractivity contribution is 6.21. The third kappa shape index (κ3) is 4.38. The Labute approximate surface area is 320 Å². The van der Waals surface area contributed by atoms with Crippen LogP contribution in [0.4, 0.5) is 0 Å². The number of hydrogen-bond acceptors (Lipinski definition) is 3. The molecule has 0 amide bonds. The summed E-state index contributed by atoms with van der Waals surface area (Å²) >= 11 is 0. The molecule has 262 valence electrons. The van der Waals surface area contributed by atoms with Gasteiger partial charge in [0.05, 0.1) is 39.1 Å². The molecule has 0 N–H and O–H groups in total. The lowest BCUT2D eigenvalue weighted by Crippen LogP contribution is -2.03. The lowest BCUT2D eigenvalue weighted by molar-refractivity contribution is 0.671. The first-order valence-corrected chi connectivity index (χ1v) is 18.9. The first-order valence-electron chi connectivity index (χ1n) is 18.9. The molecule has 12 rings (SSSR count). The van der Waals surface area contributed by atoms with Gasteiger partial charge in [-0.1, -0.05) is 133 Å². The van der Waals surface area contributed by atoms with E-state index in [0.717, 1.165) is 94.4 Å². The van der Waals surface area contributed by atoms with Crippen LogP contribution < -0.4 is 0 Å². The summed E-state index contributed by atoms with van der Waals surface area (Å²) in [6, 6.07) is 66.2. The third-order valence-electron chi connectivity index (χ3n) is 11.2. The molecule has 4 heterocycles. The second kappa shape index (κ2) is 11.9. The summed E-state index contributed by atoms with van der Waals surface area (Å²) in [5.74, 6) is 0. The zero-order valence-electron chi connectivity index (χ0n) is 30.0. The van der Waals surface area contributed by atoms with Crippen LogP contribution in [0.2, 0.25) is 0 Å². The highest BCUT2D eigenvalue weighted by atomic mass is 16.3. The molecule has 0 atom stereocenters. The molecule has 0 bridgehead atoms. The fourth-order valence-electron chi connectivity index (χ4n) is 8.78. The van der Waals surface area contributed by atoms with Gasteiger partial charge in [-0.3, -0.25) is 0 Å². The number of aromatic nitrogens is 5. The SMILES string of the molecule is c1ccc(-c2nnn(-c3ccccc3)c2-c2ccc3c(c2)c2ccccc2n3-c2ccccc2-n2c3ccccc3c3ccc4c5ccccc5oc4c32)cc1. The summed E-state index contributed by atoms with van der Waals surface area (Å²) in [5.41, 5.74) is 13.1. The molecule has 0 saturated carbocycles. The first-order chi connectivity index (χ1) is 27.8. The molecule has 0 fully saturated rings. The van der Waals surface area contributed by atoms with E-state index in [2.05, 4.69) is 155 Å². The maximum absolute atomic E-state index is 6.72. The minimum absolute atomic E-state index is 0.839. The van der Waals surface area contributed by atoms with E-state index in [1.807, 2.05) is 47.1 Å². The molecule has 4 aromatic heterocycles. The van der Waals surface area contributed by atoms with E-state index in [1.54, 1.807) is 0 Å². The molecule has 6 nitrogen and oxygen atoms in total. The minimum atomic E-state index is 0.839. The van der Waals surface area contributed by atoms with Crippen LogP contribution in [0, 0.1) is 0 Å². The molecule has 0 aliphatic carbocycles. The van der Waals surface area contributed by atoms with E-state index in [9.17, 15) is 0 Å². The molecule has 12 aromatic rings. The van der Waals surface area contributed by atoms with Crippen LogP contribution in [0.25, 0.3) is 105 Å². The Morgan fingerprint density at radius 3 is 1.79 bits per heavy atom. The molecule has 0 unspecified atom stereocenters. The Morgan fingerprint density at radius 2 is 1.00 bits per heavy atom. The van der Waals surface area contributed by atoms with Crippen LogP contribution in [0.1, 0.15) is 0 Å². The summed E-state index contributed by atoms with van der Waals surface area (Å²) in [7, 11) is 0. The van der Waals surface area contributed by atoms with Crippen molar-refractivity contribution >= 4 is 65.6 Å². The van der Waals surface area contributed by atoms with Gasteiger partial charge in [0.2, 0.25) is 0 Å². The Morgan fingerprint density at radius 1 is 0.411 bits per heavy atom. The van der Waals surface area contributed by atoms with E-state index in [-0.39, 0.29) is 0 Å². The lowest BCUT2D eigenvalue weighted by Gasteiger charge is -2.17. The van der Waals surface area contributed by atoms with Crippen LogP contribution in [0.3, 0.4) is 0 Å². The van der Waals surface area contributed by atoms with Crippen molar-refractivity contribution in [1.82, 2.24) is 24.1 Å². The molecule has 6 heteroatoms. The predicted molar refractivity (Wildman–Crippen MR) is 228 cm³/mol.